The van der Waals surface area contributed by atoms with Gasteiger partial charge >= 0.3 is 5.97 Å². The molecule has 0 saturated heterocycles. The van der Waals surface area contributed by atoms with E-state index >= 15 is 0 Å². The number of halogens is 2. The van der Waals surface area contributed by atoms with E-state index in [2.05, 4.69) is 5.32 Å². The predicted molar refractivity (Wildman–Crippen MR) is 101 cm³/mol. The van der Waals surface area contributed by atoms with E-state index in [-0.39, 0.29) is 28.7 Å². The number of carbonyl (C=O) groups is 2. The fourth-order valence-electron chi connectivity index (χ4n) is 1.78. The molecule has 0 bridgehead atoms. The van der Waals surface area contributed by atoms with Gasteiger partial charge in [-0.05, 0) is 32.4 Å². The smallest absolute Gasteiger partial charge is 0.319 e. The van der Waals surface area contributed by atoms with Gasteiger partial charge in [-0.3, -0.25) is 9.59 Å². The third-order valence-electron chi connectivity index (χ3n) is 3.21. The molecule has 1 N–H and O–H groups in total. The van der Waals surface area contributed by atoms with E-state index in [4.69, 9.17) is 16.3 Å². The first-order valence-corrected chi connectivity index (χ1v) is 9.39. The number of nitrogens with one attached hydrogen (secondary N) is 1. The lowest BCUT2D eigenvalue weighted by Crippen LogP contribution is -2.28. The summed E-state index contributed by atoms with van der Waals surface area (Å²) in [6.07, 6.45) is 0.320. The summed E-state index contributed by atoms with van der Waals surface area (Å²) in [5, 5.41) is 2.29. The largest absolute Gasteiger partial charge is 0.462 e. The summed E-state index contributed by atoms with van der Waals surface area (Å²) in [5.41, 5.74) is -0.620. The van der Waals surface area contributed by atoms with Crippen molar-refractivity contribution in [2.45, 2.75) is 64.2 Å². The van der Waals surface area contributed by atoms with Crippen molar-refractivity contribution in [1.82, 2.24) is 0 Å². The van der Waals surface area contributed by atoms with Gasteiger partial charge in [0.2, 0.25) is 5.91 Å². The molecular weight excluding hydrogens is 365 g/mol. The first-order chi connectivity index (χ1) is 11.5. The van der Waals surface area contributed by atoms with E-state index in [1.54, 1.807) is 34.6 Å². The molecule has 7 heteroatoms. The van der Waals surface area contributed by atoms with E-state index in [1.165, 1.54) is 17.8 Å². The maximum absolute atomic E-state index is 14.1. The standard InChI is InChI=1S/C18H25ClFNO3S/c1-7-14(16(22)24-10(2)3)25-15-9-13(12(20)8-11(15)19)21-17(23)18(4,5)6/h8-10,14H,7H2,1-6H3,(H,21,23). The third kappa shape index (κ3) is 6.51. The zero-order valence-electron chi connectivity index (χ0n) is 15.4. The molecule has 4 nitrogen and oxygen atoms in total. The van der Waals surface area contributed by atoms with Crippen LogP contribution in [-0.4, -0.2) is 23.2 Å². The van der Waals surface area contributed by atoms with E-state index < -0.39 is 16.5 Å². The van der Waals surface area contributed by atoms with Gasteiger partial charge in [0.25, 0.3) is 0 Å². The van der Waals surface area contributed by atoms with E-state index in [1.807, 2.05) is 6.92 Å². The Hall–Kier alpha value is -1.27. The predicted octanol–water partition coefficient (Wildman–Crippen LogP) is 5.29. The highest BCUT2D eigenvalue weighted by molar-refractivity contribution is 8.00. The van der Waals surface area contributed by atoms with Crippen LogP contribution in [0.2, 0.25) is 5.02 Å². The van der Waals surface area contributed by atoms with Crippen LogP contribution in [0.5, 0.6) is 0 Å². The van der Waals surface area contributed by atoms with Crippen molar-refractivity contribution < 1.29 is 18.7 Å². The van der Waals surface area contributed by atoms with Crippen molar-refractivity contribution >= 4 is 40.9 Å². The Morgan fingerprint density at radius 2 is 1.92 bits per heavy atom. The number of ether oxygens (including phenoxy) is 1. The lowest BCUT2D eigenvalue weighted by molar-refractivity contribution is -0.146. The number of esters is 1. The van der Waals surface area contributed by atoms with Crippen molar-refractivity contribution in [3.63, 3.8) is 0 Å². The molecule has 1 aromatic rings. The molecular formula is C18H25ClFNO3S. The summed E-state index contributed by atoms with van der Waals surface area (Å²) in [4.78, 5) is 24.7. The highest BCUT2D eigenvalue weighted by Gasteiger charge is 2.25. The molecule has 0 aliphatic heterocycles. The third-order valence-corrected chi connectivity index (χ3v) is 5.03. The van der Waals surface area contributed by atoms with E-state index in [0.29, 0.717) is 11.3 Å². The second kappa shape index (κ2) is 8.90. The molecule has 0 aromatic heterocycles. The van der Waals surface area contributed by atoms with Crippen LogP contribution in [0, 0.1) is 11.2 Å². The molecule has 1 amide bonds. The van der Waals surface area contributed by atoms with Crippen LogP contribution in [0.25, 0.3) is 0 Å². The molecule has 1 atom stereocenters. The maximum Gasteiger partial charge on any atom is 0.319 e. The Balaban J connectivity index is 3.05. The Morgan fingerprint density at radius 3 is 2.40 bits per heavy atom. The van der Waals surface area contributed by atoms with Gasteiger partial charge in [-0.25, -0.2) is 4.39 Å². The molecule has 0 fully saturated rings. The highest BCUT2D eigenvalue weighted by Crippen LogP contribution is 2.36. The monoisotopic (exact) mass is 389 g/mol. The van der Waals surface area contributed by atoms with E-state index in [9.17, 15) is 14.0 Å². The Kier molecular flexibility index (Phi) is 7.75. The van der Waals surface area contributed by atoms with Crippen LogP contribution in [0.15, 0.2) is 17.0 Å². The van der Waals surface area contributed by atoms with Crippen LogP contribution in [0.3, 0.4) is 0 Å². The van der Waals surface area contributed by atoms with Crippen LogP contribution in [-0.2, 0) is 14.3 Å². The van der Waals surface area contributed by atoms with Gasteiger partial charge in [0, 0.05) is 10.3 Å². The summed E-state index contributed by atoms with van der Waals surface area (Å²) in [5.74, 6) is -1.27. The number of hydrogen-bond acceptors (Lipinski definition) is 4. The van der Waals surface area contributed by atoms with Crippen molar-refractivity contribution in [2.75, 3.05) is 5.32 Å². The maximum atomic E-state index is 14.1. The summed E-state index contributed by atoms with van der Waals surface area (Å²) in [6.45, 7) is 10.6. The molecule has 0 saturated carbocycles. The topological polar surface area (TPSA) is 55.4 Å². The molecule has 140 valence electrons. The second-order valence-corrected chi connectivity index (χ2v) is 8.62. The van der Waals surface area contributed by atoms with Gasteiger partial charge in [0.1, 0.15) is 11.1 Å². The minimum absolute atomic E-state index is 0.0407. The van der Waals surface area contributed by atoms with Gasteiger partial charge < -0.3 is 10.1 Å². The van der Waals surface area contributed by atoms with Crippen LogP contribution < -0.4 is 5.32 Å². The Labute approximate surface area is 157 Å². The molecule has 1 unspecified atom stereocenters. The SMILES string of the molecule is CCC(Sc1cc(NC(=O)C(C)(C)C)c(F)cc1Cl)C(=O)OC(C)C. The molecule has 0 spiro atoms. The average molecular weight is 390 g/mol. The molecule has 1 aromatic carbocycles. The number of anilines is 1. The molecule has 1 rings (SSSR count). The Morgan fingerprint density at radius 1 is 1.32 bits per heavy atom. The van der Waals surface area contributed by atoms with Crippen molar-refractivity contribution in [3.8, 4) is 0 Å². The van der Waals surface area contributed by atoms with Gasteiger partial charge in [-0.2, -0.15) is 0 Å². The lowest BCUT2D eigenvalue weighted by Gasteiger charge is -2.20. The first-order valence-electron chi connectivity index (χ1n) is 8.13. The second-order valence-electron chi connectivity index (χ2n) is 6.97. The summed E-state index contributed by atoms with van der Waals surface area (Å²) >= 11 is 7.31. The number of rotatable bonds is 6. The minimum Gasteiger partial charge on any atom is -0.462 e. The molecule has 0 heterocycles. The molecule has 25 heavy (non-hydrogen) atoms. The van der Waals surface area contributed by atoms with E-state index in [0.717, 1.165) is 6.07 Å². The highest BCUT2D eigenvalue weighted by atomic mass is 35.5. The van der Waals surface area contributed by atoms with Crippen molar-refractivity contribution in [1.29, 1.82) is 0 Å². The normalized spacial score (nSPS) is 12.8. The quantitative estimate of drug-likeness (QED) is 0.530. The first kappa shape index (κ1) is 21.8. The Bertz CT molecular complexity index is 644. The summed E-state index contributed by atoms with van der Waals surface area (Å²) < 4.78 is 19.4. The number of thioether (sulfide) groups is 1. The van der Waals surface area contributed by atoms with Gasteiger partial charge in [0.05, 0.1) is 16.8 Å². The molecule has 0 aliphatic carbocycles. The van der Waals surface area contributed by atoms with Crippen LogP contribution in [0.4, 0.5) is 10.1 Å². The lowest BCUT2D eigenvalue weighted by atomic mass is 9.95. The van der Waals surface area contributed by atoms with Gasteiger partial charge in [0.15, 0.2) is 0 Å². The number of amides is 1. The number of carbonyl (C=O) groups excluding carboxylic acids is 2. The zero-order valence-corrected chi connectivity index (χ0v) is 17.0. The zero-order chi connectivity index (χ0) is 19.4. The van der Waals surface area contributed by atoms with Crippen molar-refractivity contribution in [2.24, 2.45) is 5.41 Å². The molecule has 0 radical (unpaired) electrons. The van der Waals surface area contributed by atoms with Crippen LogP contribution >= 0.6 is 23.4 Å². The van der Waals surface area contributed by atoms with Gasteiger partial charge in [-0.1, -0.05) is 39.3 Å². The van der Waals surface area contributed by atoms with Crippen molar-refractivity contribution in [3.05, 3.63) is 23.0 Å². The summed E-state index contributed by atoms with van der Waals surface area (Å²) in [6, 6.07) is 2.60. The molecule has 0 aliphatic rings. The number of hydrogen-bond donors (Lipinski definition) is 1. The fraction of sp³-hybridized carbons (Fsp3) is 0.556. The fourth-order valence-corrected chi connectivity index (χ4v) is 3.05. The summed E-state index contributed by atoms with van der Waals surface area (Å²) in [7, 11) is 0. The number of benzene rings is 1. The van der Waals surface area contributed by atoms with Gasteiger partial charge in [-0.15, -0.1) is 11.8 Å². The minimum atomic E-state index is -0.660. The average Bonchev–Trinajstić information content (AvgIpc) is 2.46. The van der Waals surface area contributed by atoms with Crippen LogP contribution in [0.1, 0.15) is 48.0 Å².